The second kappa shape index (κ2) is 33.1. The number of ether oxygens (including phenoxy) is 6. The Labute approximate surface area is 528 Å². The number of methoxy groups -OCH3 is 3. The number of aliphatic hydroxyl groups excluding tert-OH is 1. The number of nitrogens with two attached hydrogens (primary N) is 1. The van der Waals surface area contributed by atoms with E-state index in [2.05, 4.69) is 25.3 Å². The number of anilines is 2. The van der Waals surface area contributed by atoms with Crippen LogP contribution in [0.15, 0.2) is 72.4 Å². The zero-order valence-electron chi connectivity index (χ0n) is 54.0. The maximum absolute atomic E-state index is 14.7. The fraction of sp³-hybridized carbons (Fsp3) is 0.652. The lowest BCUT2D eigenvalue weighted by Gasteiger charge is -2.42. The Morgan fingerprint density at radius 3 is 2.09 bits per heavy atom. The highest BCUT2D eigenvalue weighted by Gasteiger charge is 2.53. The van der Waals surface area contributed by atoms with E-state index < -0.39 is 108 Å². The lowest BCUT2D eigenvalue weighted by atomic mass is 9.80. The first-order valence-corrected chi connectivity index (χ1v) is 31.8. The summed E-state index contributed by atoms with van der Waals surface area (Å²) >= 11 is 0. The van der Waals surface area contributed by atoms with Gasteiger partial charge < -0.3 is 64.4 Å². The van der Waals surface area contributed by atoms with Crippen LogP contribution >= 0.6 is 0 Å². The Balaban J connectivity index is 1.03. The number of ketones is 4. The molecule has 6 heterocycles. The van der Waals surface area contributed by atoms with Crippen molar-refractivity contribution in [2.75, 3.05) is 63.9 Å². The van der Waals surface area contributed by atoms with Crippen molar-refractivity contribution in [3.63, 3.8) is 0 Å². The van der Waals surface area contributed by atoms with Crippen LogP contribution in [0.25, 0.3) is 0 Å². The minimum absolute atomic E-state index is 0.0143. The molecule has 0 spiro atoms. The second-order valence-corrected chi connectivity index (χ2v) is 25.2. The van der Waals surface area contributed by atoms with E-state index in [1.54, 1.807) is 53.3 Å². The summed E-state index contributed by atoms with van der Waals surface area (Å²) in [6.07, 6.45) is 14.6. The monoisotopic (exact) mass is 1250 g/mol. The van der Waals surface area contributed by atoms with Gasteiger partial charge in [0.05, 0.1) is 23.9 Å². The number of esters is 1. The number of carbonyl (C=O) groups excluding carboxylic acids is 7. The maximum atomic E-state index is 14.7. The van der Waals surface area contributed by atoms with Crippen molar-refractivity contribution in [2.45, 2.75) is 193 Å². The van der Waals surface area contributed by atoms with Gasteiger partial charge in [-0.1, -0.05) is 64.2 Å². The van der Waals surface area contributed by atoms with Crippen molar-refractivity contribution >= 4 is 53.0 Å². The van der Waals surface area contributed by atoms with E-state index in [4.69, 9.17) is 34.2 Å². The third kappa shape index (κ3) is 18.5. The quantitative estimate of drug-likeness (QED) is 0.0830. The molecular formula is C66H95N9O15. The molecule has 5 aliphatic rings. The zero-order chi connectivity index (χ0) is 65.4. The number of Topliss-reactive ketones (excluding diaryl/α,β-unsaturated/α-hetero) is 4. The van der Waals surface area contributed by atoms with Gasteiger partial charge in [0.15, 0.2) is 11.6 Å². The third-order valence-corrected chi connectivity index (χ3v) is 18.5. The van der Waals surface area contributed by atoms with Crippen LogP contribution in [0.4, 0.5) is 16.7 Å². The number of cyclic esters (lactones) is 1. The Morgan fingerprint density at radius 1 is 0.789 bits per heavy atom. The van der Waals surface area contributed by atoms with E-state index >= 15 is 0 Å². The highest BCUT2D eigenvalue weighted by atomic mass is 16.6. The van der Waals surface area contributed by atoms with Crippen LogP contribution in [0.1, 0.15) is 141 Å². The summed E-state index contributed by atoms with van der Waals surface area (Å²) in [5, 5.41) is 26.5. The third-order valence-electron chi connectivity index (χ3n) is 18.5. The van der Waals surface area contributed by atoms with Gasteiger partial charge in [0.1, 0.15) is 36.2 Å². The summed E-state index contributed by atoms with van der Waals surface area (Å²) in [4.78, 5) is 120. The Bertz CT molecular complexity index is 2920. The summed E-state index contributed by atoms with van der Waals surface area (Å²) in [5.74, 6) is -7.64. The number of carbonyl (C=O) groups is 7. The van der Waals surface area contributed by atoms with Gasteiger partial charge in [-0.3, -0.25) is 24.0 Å². The molecule has 5 N–H and O–H groups in total. The van der Waals surface area contributed by atoms with Crippen LogP contribution in [0.2, 0.25) is 0 Å². The molecule has 15 atom stereocenters. The number of alkyl carbamates (subject to hydrolysis) is 1. The molecule has 1 aliphatic carbocycles. The highest BCUT2D eigenvalue weighted by molar-refractivity contribution is 6.39. The van der Waals surface area contributed by atoms with Gasteiger partial charge in [0.25, 0.3) is 11.7 Å². The first-order valence-electron chi connectivity index (χ1n) is 31.8. The van der Waals surface area contributed by atoms with Crippen LogP contribution in [-0.2, 0) is 58.9 Å². The minimum Gasteiger partial charge on any atom is -0.459 e. The average molecular weight is 1250 g/mol. The van der Waals surface area contributed by atoms with Gasteiger partial charge in [0.2, 0.25) is 17.7 Å². The minimum atomic E-state index is -2.50. The maximum Gasteiger partial charge on any atom is 0.407 e. The fourth-order valence-electron chi connectivity index (χ4n) is 12.7. The molecule has 0 radical (unpaired) electrons. The van der Waals surface area contributed by atoms with Crippen molar-refractivity contribution in [3.8, 4) is 0 Å². The Kier molecular flexibility index (Phi) is 26.0. The molecule has 90 heavy (non-hydrogen) atoms. The largest absolute Gasteiger partial charge is 0.459 e. The molecule has 24 nitrogen and oxygen atoms in total. The molecular weight excluding hydrogens is 1160 g/mol. The van der Waals surface area contributed by atoms with Crippen LogP contribution in [0.3, 0.4) is 0 Å². The van der Waals surface area contributed by atoms with E-state index in [0.29, 0.717) is 106 Å². The molecule has 2 aromatic rings. The van der Waals surface area contributed by atoms with E-state index in [1.807, 2.05) is 54.0 Å². The SMILES string of the molecule is CO[C@H]1C[C@@H]2CC[C@@H](C)[C@@](O)(O2)C(=O)C(=O)N2CCCC[C@H]2C(=O)O[C@H]([C@H](N)C[C@@H]2CC[C@@H](OC(=O)NCc3cnc(N4CCN(c5ncc(C(C)=O)cn5)CC4)nc3)[C@H](OC)C2)CC(=O)[C@H](C)/C=C(\C)[C@@H](O)[C@@H](OC)C(=O)[C@H](C)C[C@H](C)/C=C/C=C/C=C/1C. The number of amides is 2. The zero-order valence-corrected chi connectivity index (χ0v) is 54.0. The summed E-state index contributed by atoms with van der Waals surface area (Å²) in [7, 11) is 4.44. The van der Waals surface area contributed by atoms with Gasteiger partial charge in [-0.15, -0.1) is 0 Å². The number of aliphatic hydroxyl groups is 2. The molecule has 2 amide bonds. The normalized spacial score (nSPS) is 33.3. The molecule has 3 saturated heterocycles. The van der Waals surface area contributed by atoms with Gasteiger partial charge in [-0.05, 0) is 108 Å². The molecule has 2 aromatic heterocycles. The average Bonchev–Trinajstić information content (AvgIpc) is 1.22. The molecule has 1 saturated carbocycles. The van der Waals surface area contributed by atoms with Crippen molar-refractivity contribution in [3.05, 3.63) is 83.5 Å². The summed E-state index contributed by atoms with van der Waals surface area (Å²) in [5.41, 5.74) is 9.32. The number of nitrogens with zero attached hydrogens (tertiary/aromatic N) is 7. The molecule has 2 bridgehead atoms. The number of fused-ring (bicyclic) bond motifs is 3. The first-order chi connectivity index (χ1) is 42.9. The number of aromatic nitrogens is 4. The van der Waals surface area contributed by atoms with E-state index in [0.717, 1.165) is 10.5 Å². The van der Waals surface area contributed by atoms with Gasteiger partial charge >= 0.3 is 12.1 Å². The van der Waals surface area contributed by atoms with Crippen LogP contribution in [0.5, 0.6) is 0 Å². The molecule has 494 valence electrons. The van der Waals surface area contributed by atoms with E-state index in [9.17, 15) is 43.8 Å². The summed E-state index contributed by atoms with van der Waals surface area (Å²) < 4.78 is 35.7. The van der Waals surface area contributed by atoms with Crippen LogP contribution in [0, 0.1) is 29.6 Å². The summed E-state index contributed by atoms with van der Waals surface area (Å²) in [6, 6.07) is -2.20. The van der Waals surface area contributed by atoms with Crippen molar-refractivity contribution in [1.29, 1.82) is 0 Å². The number of hydrogen-bond donors (Lipinski definition) is 4. The standard InChI is InChI=1S/C66H95N9O15/c1-39-16-12-11-13-17-40(2)54(85-8)32-49-21-19-44(6)66(84,90-49)60(80)61(81)75-23-15-14-18-51(75)62(82)88-55(33-52(77)41(3)29-43(5)58(79)59(87-10)57(78)42(4)28-39)50(67)30-46-20-22-53(56(31-46)86-9)89-65(83)72-36-47-34-68-63(69-35-47)73-24-26-74(27-25-73)64-70-37-48(38-71-64)45(7)76/h11-13,16-17,29,34-35,37-39,41-42,44,46,49-51,53-56,58-59,79,84H,14-15,18-28,30-33,36,67H2,1-10H3,(H,72,83)/b13-11+,16-12+,40-17+,43-29+/t39-,41-,42-,44-,46+,49+,50-,51+,53-,54+,55+,56-,58-,59+,66-/m1/s1. The molecule has 24 heteroatoms. The molecule has 4 aliphatic heterocycles. The molecule has 0 unspecified atom stereocenters. The van der Waals surface area contributed by atoms with Crippen molar-refractivity contribution in [1.82, 2.24) is 30.2 Å². The second-order valence-electron chi connectivity index (χ2n) is 25.2. The number of rotatable bonds is 12. The lowest BCUT2D eigenvalue weighted by Crippen LogP contribution is -2.61. The Hall–Kier alpha value is -6.67. The predicted octanol–water partition coefficient (Wildman–Crippen LogP) is 5.92. The molecule has 7 rings (SSSR count). The van der Waals surface area contributed by atoms with E-state index in [-0.39, 0.29) is 62.2 Å². The van der Waals surface area contributed by atoms with Gasteiger partial charge in [-0.2, -0.15) is 0 Å². The Morgan fingerprint density at radius 2 is 1.46 bits per heavy atom. The van der Waals surface area contributed by atoms with Crippen LogP contribution < -0.4 is 20.9 Å². The van der Waals surface area contributed by atoms with Crippen molar-refractivity contribution < 1.29 is 72.2 Å². The van der Waals surface area contributed by atoms with Crippen LogP contribution in [-0.4, -0.2) is 191 Å². The fourth-order valence-corrected chi connectivity index (χ4v) is 12.7. The van der Waals surface area contributed by atoms with Gasteiger partial charge in [0, 0.05) is 128 Å². The molecule has 4 fully saturated rings. The first kappa shape index (κ1) is 70.8. The van der Waals surface area contributed by atoms with E-state index in [1.165, 1.54) is 33.5 Å². The lowest BCUT2D eigenvalue weighted by molar-refractivity contribution is -0.265. The number of nitrogens with one attached hydrogen (secondary N) is 1. The number of piperidine rings is 1. The van der Waals surface area contributed by atoms with Gasteiger partial charge in [-0.25, -0.2) is 29.5 Å². The predicted molar refractivity (Wildman–Crippen MR) is 334 cm³/mol. The smallest absolute Gasteiger partial charge is 0.407 e. The number of piperazine rings is 1. The van der Waals surface area contributed by atoms with Crippen molar-refractivity contribution in [2.24, 2.45) is 35.3 Å². The summed E-state index contributed by atoms with van der Waals surface area (Å²) in [6.45, 7) is 14.7. The highest BCUT2D eigenvalue weighted by Crippen LogP contribution is 2.38. The molecule has 0 aromatic carbocycles. The topological polar surface area (TPSA) is 315 Å². The number of hydrogen-bond acceptors (Lipinski definition) is 22. The number of allylic oxidation sites excluding steroid dienone is 6.